The number of rotatable bonds is 5. The Morgan fingerprint density at radius 1 is 1.41 bits per heavy atom. The van der Waals surface area contributed by atoms with Gasteiger partial charge in [-0.05, 0) is 39.4 Å². The van der Waals surface area contributed by atoms with Gasteiger partial charge in [-0.1, -0.05) is 0 Å². The minimum absolute atomic E-state index is 0.0268. The van der Waals surface area contributed by atoms with Crippen LogP contribution in [0.1, 0.15) is 18.1 Å². The molecule has 0 spiro atoms. The summed E-state index contributed by atoms with van der Waals surface area (Å²) in [6, 6.07) is 3.27. The SMILES string of the molecule is CNCC(C)Oc1cc([N+](=O)[O-])c(C)cc1C. The van der Waals surface area contributed by atoms with Gasteiger partial charge in [-0.2, -0.15) is 0 Å². The summed E-state index contributed by atoms with van der Waals surface area (Å²) in [4.78, 5) is 10.4. The van der Waals surface area contributed by atoms with Gasteiger partial charge in [0.25, 0.3) is 5.69 Å². The van der Waals surface area contributed by atoms with Crippen LogP contribution in [0.3, 0.4) is 0 Å². The van der Waals surface area contributed by atoms with E-state index in [9.17, 15) is 10.1 Å². The predicted octanol–water partition coefficient (Wildman–Crippen LogP) is 2.20. The molecule has 0 bridgehead atoms. The summed E-state index contributed by atoms with van der Waals surface area (Å²) in [6.07, 6.45) is -0.0268. The highest BCUT2D eigenvalue weighted by molar-refractivity contribution is 5.49. The van der Waals surface area contributed by atoms with Gasteiger partial charge in [0.1, 0.15) is 11.9 Å². The number of benzene rings is 1. The standard InChI is InChI=1S/C12H18N2O3/c1-8-5-9(2)12(6-11(8)14(15)16)17-10(3)7-13-4/h5-6,10,13H,7H2,1-4H3. The highest BCUT2D eigenvalue weighted by Gasteiger charge is 2.15. The smallest absolute Gasteiger partial charge is 0.276 e. The quantitative estimate of drug-likeness (QED) is 0.631. The first-order chi connectivity index (χ1) is 7.95. The highest BCUT2D eigenvalue weighted by Crippen LogP contribution is 2.28. The van der Waals surface area contributed by atoms with Crippen LogP contribution in [0.5, 0.6) is 5.75 Å². The molecule has 0 aromatic heterocycles. The molecule has 0 aliphatic rings. The number of hydrogen-bond donors (Lipinski definition) is 1. The number of nitro groups is 1. The van der Waals surface area contributed by atoms with Crippen molar-refractivity contribution in [3.05, 3.63) is 33.4 Å². The summed E-state index contributed by atoms with van der Waals surface area (Å²) in [7, 11) is 1.84. The van der Waals surface area contributed by atoms with Gasteiger partial charge in [0, 0.05) is 12.1 Å². The summed E-state index contributed by atoms with van der Waals surface area (Å²) >= 11 is 0. The Bertz CT molecular complexity index is 418. The van der Waals surface area contributed by atoms with Crippen LogP contribution >= 0.6 is 0 Å². The first kappa shape index (κ1) is 13.4. The molecule has 94 valence electrons. The lowest BCUT2D eigenvalue weighted by molar-refractivity contribution is -0.385. The summed E-state index contributed by atoms with van der Waals surface area (Å²) in [5, 5.41) is 13.8. The lowest BCUT2D eigenvalue weighted by atomic mass is 10.1. The summed E-state index contributed by atoms with van der Waals surface area (Å²) in [6.45, 7) is 6.23. The van der Waals surface area contributed by atoms with Gasteiger partial charge in [-0.25, -0.2) is 0 Å². The highest BCUT2D eigenvalue weighted by atomic mass is 16.6. The number of aryl methyl sites for hydroxylation is 2. The molecule has 0 saturated heterocycles. The molecule has 0 radical (unpaired) electrons. The average Bonchev–Trinajstić information content (AvgIpc) is 2.21. The van der Waals surface area contributed by atoms with Crippen LogP contribution < -0.4 is 10.1 Å². The van der Waals surface area contributed by atoms with E-state index < -0.39 is 0 Å². The number of ether oxygens (including phenoxy) is 1. The van der Waals surface area contributed by atoms with Crippen molar-refractivity contribution >= 4 is 5.69 Å². The van der Waals surface area contributed by atoms with Crippen molar-refractivity contribution in [2.75, 3.05) is 13.6 Å². The van der Waals surface area contributed by atoms with E-state index in [0.29, 0.717) is 17.9 Å². The van der Waals surface area contributed by atoms with E-state index in [2.05, 4.69) is 5.32 Å². The molecule has 1 aromatic carbocycles. The van der Waals surface area contributed by atoms with Crippen LogP contribution in [-0.4, -0.2) is 24.6 Å². The second-order valence-electron chi connectivity index (χ2n) is 4.15. The molecule has 5 heteroatoms. The molecule has 1 N–H and O–H groups in total. The Balaban J connectivity index is 2.99. The zero-order chi connectivity index (χ0) is 13.0. The van der Waals surface area contributed by atoms with Crippen molar-refractivity contribution in [3.63, 3.8) is 0 Å². The summed E-state index contributed by atoms with van der Waals surface area (Å²) in [5.41, 5.74) is 1.67. The van der Waals surface area contributed by atoms with Crippen molar-refractivity contribution in [1.29, 1.82) is 0 Å². The van der Waals surface area contributed by atoms with Crippen LogP contribution in [0, 0.1) is 24.0 Å². The number of nitrogens with zero attached hydrogens (tertiary/aromatic N) is 1. The Hall–Kier alpha value is -1.62. The van der Waals surface area contributed by atoms with Crippen molar-refractivity contribution in [2.45, 2.75) is 26.9 Å². The van der Waals surface area contributed by atoms with Crippen LogP contribution in [0.4, 0.5) is 5.69 Å². The van der Waals surface area contributed by atoms with Crippen LogP contribution in [-0.2, 0) is 0 Å². The van der Waals surface area contributed by atoms with E-state index in [4.69, 9.17) is 4.74 Å². The van der Waals surface area contributed by atoms with Gasteiger partial charge in [0.05, 0.1) is 11.0 Å². The maximum absolute atomic E-state index is 10.8. The first-order valence-electron chi connectivity index (χ1n) is 5.52. The molecule has 0 amide bonds. The Morgan fingerprint density at radius 2 is 2.06 bits per heavy atom. The molecule has 1 rings (SSSR count). The normalized spacial score (nSPS) is 12.2. The van der Waals surface area contributed by atoms with Gasteiger partial charge in [-0.3, -0.25) is 10.1 Å². The van der Waals surface area contributed by atoms with Crippen molar-refractivity contribution in [2.24, 2.45) is 0 Å². The van der Waals surface area contributed by atoms with Crippen molar-refractivity contribution in [3.8, 4) is 5.75 Å². The Kier molecular flexibility index (Phi) is 4.45. The second-order valence-corrected chi connectivity index (χ2v) is 4.15. The van der Waals surface area contributed by atoms with Crippen LogP contribution in [0.15, 0.2) is 12.1 Å². The molecule has 17 heavy (non-hydrogen) atoms. The van der Waals surface area contributed by atoms with Crippen molar-refractivity contribution in [1.82, 2.24) is 5.32 Å². The fraction of sp³-hybridized carbons (Fsp3) is 0.500. The fourth-order valence-electron chi connectivity index (χ4n) is 1.69. The lowest BCUT2D eigenvalue weighted by Gasteiger charge is -2.16. The monoisotopic (exact) mass is 238 g/mol. The van der Waals surface area contributed by atoms with E-state index >= 15 is 0 Å². The molecular formula is C12H18N2O3. The van der Waals surface area contributed by atoms with Crippen LogP contribution in [0.25, 0.3) is 0 Å². The molecule has 0 aliphatic carbocycles. The molecule has 5 nitrogen and oxygen atoms in total. The predicted molar refractivity (Wildman–Crippen MR) is 66.6 cm³/mol. The van der Waals surface area contributed by atoms with E-state index in [1.54, 1.807) is 13.0 Å². The first-order valence-corrected chi connectivity index (χ1v) is 5.52. The Labute approximate surface area is 101 Å². The molecule has 0 saturated carbocycles. The van der Waals surface area contributed by atoms with E-state index in [-0.39, 0.29) is 16.7 Å². The number of nitrogens with one attached hydrogen (secondary N) is 1. The maximum Gasteiger partial charge on any atom is 0.276 e. The summed E-state index contributed by atoms with van der Waals surface area (Å²) < 4.78 is 5.66. The van der Waals surface area contributed by atoms with Gasteiger partial charge in [0.2, 0.25) is 0 Å². The van der Waals surface area contributed by atoms with Gasteiger partial charge < -0.3 is 10.1 Å². The molecule has 0 heterocycles. The van der Waals surface area contributed by atoms with E-state index in [0.717, 1.165) is 5.56 Å². The molecule has 0 aliphatic heterocycles. The average molecular weight is 238 g/mol. The zero-order valence-corrected chi connectivity index (χ0v) is 10.6. The van der Waals surface area contributed by atoms with Crippen LogP contribution in [0.2, 0.25) is 0 Å². The third kappa shape index (κ3) is 3.42. The fourth-order valence-corrected chi connectivity index (χ4v) is 1.69. The third-order valence-corrected chi connectivity index (χ3v) is 2.51. The maximum atomic E-state index is 10.8. The molecule has 1 aromatic rings. The largest absolute Gasteiger partial charge is 0.489 e. The number of hydrogen-bond acceptors (Lipinski definition) is 4. The molecule has 0 fully saturated rings. The third-order valence-electron chi connectivity index (χ3n) is 2.51. The lowest BCUT2D eigenvalue weighted by Crippen LogP contribution is -2.26. The number of nitro benzene ring substituents is 1. The van der Waals surface area contributed by atoms with Gasteiger partial charge in [-0.15, -0.1) is 0 Å². The molecular weight excluding hydrogens is 220 g/mol. The second kappa shape index (κ2) is 5.63. The van der Waals surface area contributed by atoms with Gasteiger partial charge >= 0.3 is 0 Å². The van der Waals surface area contributed by atoms with E-state index in [1.165, 1.54) is 6.07 Å². The van der Waals surface area contributed by atoms with Gasteiger partial charge in [0.15, 0.2) is 0 Å². The van der Waals surface area contributed by atoms with Crippen molar-refractivity contribution < 1.29 is 9.66 Å². The zero-order valence-electron chi connectivity index (χ0n) is 10.6. The number of likely N-dealkylation sites (N-methyl/N-ethyl adjacent to an activating group) is 1. The minimum Gasteiger partial charge on any atom is -0.489 e. The Morgan fingerprint density at radius 3 is 2.59 bits per heavy atom. The minimum atomic E-state index is -0.385. The molecule has 1 unspecified atom stereocenters. The summed E-state index contributed by atoms with van der Waals surface area (Å²) in [5.74, 6) is 0.574. The van der Waals surface area contributed by atoms with E-state index in [1.807, 2.05) is 20.9 Å². The molecule has 1 atom stereocenters. The topological polar surface area (TPSA) is 64.4 Å².